The molecule has 0 atom stereocenters. The van der Waals surface area contributed by atoms with Crippen molar-refractivity contribution in [2.24, 2.45) is 0 Å². The topological polar surface area (TPSA) is 158 Å². The molecule has 2 N–H and O–H groups in total. The number of hydrogen-bond donors (Lipinski definition) is 2. The van der Waals surface area contributed by atoms with Gasteiger partial charge in [-0.15, -0.1) is 0 Å². The van der Waals surface area contributed by atoms with Crippen molar-refractivity contribution in [1.29, 1.82) is 0 Å². The van der Waals surface area contributed by atoms with E-state index < -0.39 is 27.5 Å². The molecule has 2 rings (SSSR count). The van der Waals surface area contributed by atoms with Gasteiger partial charge >= 0.3 is 11.8 Å². The van der Waals surface area contributed by atoms with Crippen molar-refractivity contribution in [3.63, 3.8) is 0 Å². The first-order valence-corrected chi connectivity index (χ1v) is 5.98. The molecule has 0 saturated heterocycles. The average molecular weight is 320 g/mol. The van der Waals surface area contributed by atoms with Crippen molar-refractivity contribution in [2.75, 3.05) is 0 Å². The Hall–Kier alpha value is -3.76. The van der Waals surface area contributed by atoms with Crippen molar-refractivity contribution in [1.82, 2.24) is 10.9 Å². The first-order chi connectivity index (χ1) is 10.9. The number of nitrogens with one attached hydrogen (secondary N) is 2. The third-order valence-electron chi connectivity index (χ3n) is 2.63. The lowest BCUT2D eigenvalue weighted by Crippen LogP contribution is -2.41. The lowest BCUT2D eigenvalue weighted by molar-refractivity contribution is -0.402. The number of benzene rings is 1. The van der Waals surface area contributed by atoms with Crippen LogP contribution >= 0.6 is 0 Å². The highest BCUT2D eigenvalue weighted by Crippen LogP contribution is 2.15. The zero-order chi connectivity index (χ0) is 17.0. The highest BCUT2D eigenvalue weighted by atomic mass is 16.6. The van der Waals surface area contributed by atoms with Crippen LogP contribution in [0.1, 0.15) is 20.9 Å². The molecule has 1 aromatic heterocycles. The largest absolute Gasteiger partial charge is 0.433 e. The fourth-order valence-electron chi connectivity index (χ4n) is 1.53. The van der Waals surface area contributed by atoms with E-state index in [0.29, 0.717) is 0 Å². The fraction of sp³-hybridized carbons (Fsp3) is 0. The van der Waals surface area contributed by atoms with Gasteiger partial charge in [-0.25, -0.2) is 0 Å². The molecule has 0 aliphatic carbocycles. The molecule has 2 aromatic rings. The minimum absolute atomic E-state index is 0.0707. The van der Waals surface area contributed by atoms with Crippen molar-refractivity contribution in [3.8, 4) is 0 Å². The van der Waals surface area contributed by atoms with E-state index in [1.807, 2.05) is 10.9 Å². The van der Waals surface area contributed by atoms with Crippen molar-refractivity contribution in [3.05, 3.63) is 68.0 Å². The summed E-state index contributed by atoms with van der Waals surface area (Å²) in [5.74, 6) is -2.60. The molecule has 11 nitrogen and oxygen atoms in total. The standard InChI is InChI=1S/C12H8N4O7/c17-11(7-1-3-8(4-2-7)15(19)20)13-14-12(18)9-5-6-10(23-9)16(21)22/h1-6H,(H,13,17)(H,14,18). The van der Waals surface area contributed by atoms with Crippen LogP contribution in [0.3, 0.4) is 0 Å². The smallest absolute Gasteiger partial charge is 0.395 e. The summed E-state index contributed by atoms with van der Waals surface area (Å²) in [5, 5.41) is 20.9. The number of nitrogens with zero attached hydrogens (tertiary/aromatic N) is 2. The van der Waals surface area contributed by atoms with E-state index in [1.54, 1.807) is 0 Å². The Morgan fingerprint density at radius 3 is 2.00 bits per heavy atom. The maximum Gasteiger partial charge on any atom is 0.433 e. The summed E-state index contributed by atoms with van der Waals surface area (Å²) in [5.41, 5.74) is 3.93. The van der Waals surface area contributed by atoms with E-state index in [9.17, 15) is 29.8 Å². The normalized spacial score (nSPS) is 9.91. The first-order valence-electron chi connectivity index (χ1n) is 5.98. The Kier molecular flexibility index (Phi) is 4.31. The molecule has 0 fully saturated rings. The molecule has 0 radical (unpaired) electrons. The number of furan rings is 1. The van der Waals surface area contributed by atoms with E-state index in [4.69, 9.17) is 0 Å². The fourth-order valence-corrected chi connectivity index (χ4v) is 1.53. The Labute approximate surface area is 127 Å². The maximum atomic E-state index is 11.7. The highest BCUT2D eigenvalue weighted by molar-refractivity contribution is 5.98. The van der Waals surface area contributed by atoms with Gasteiger partial charge in [-0.05, 0) is 18.2 Å². The Morgan fingerprint density at radius 1 is 0.870 bits per heavy atom. The minimum Gasteiger partial charge on any atom is -0.395 e. The SMILES string of the molecule is O=C(NNC(=O)c1ccc([N+](=O)[O-])o1)c1ccc([N+](=O)[O-])cc1. The van der Waals surface area contributed by atoms with Crippen molar-refractivity contribution >= 4 is 23.4 Å². The quantitative estimate of drug-likeness (QED) is 0.632. The second kappa shape index (κ2) is 6.34. The van der Waals surface area contributed by atoms with Gasteiger partial charge in [-0.2, -0.15) is 0 Å². The lowest BCUT2D eigenvalue weighted by atomic mass is 10.2. The van der Waals surface area contributed by atoms with Gasteiger partial charge in [0.2, 0.25) is 5.76 Å². The minimum atomic E-state index is -0.895. The number of hydrogen-bond acceptors (Lipinski definition) is 7. The van der Waals surface area contributed by atoms with E-state index >= 15 is 0 Å². The Morgan fingerprint density at radius 2 is 1.48 bits per heavy atom. The Bertz CT molecular complexity index is 781. The molecule has 2 amide bonds. The summed E-state index contributed by atoms with van der Waals surface area (Å²) in [7, 11) is 0. The molecule has 1 heterocycles. The molecule has 23 heavy (non-hydrogen) atoms. The van der Waals surface area contributed by atoms with Crippen molar-refractivity contribution in [2.45, 2.75) is 0 Å². The zero-order valence-corrected chi connectivity index (χ0v) is 11.2. The lowest BCUT2D eigenvalue weighted by Gasteiger charge is -2.05. The number of rotatable bonds is 4. The summed E-state index contributed by atoms with van der Waals surface area (Å²) in [6.45, 7) is 0. The molecule has 11 heteroatoms. The summed E-state index contributed by atoms with van der Waals surface area (Å²) >= 11 is 0. The number of non-ortho nitro benzene ring substituents is 1. The summed E-state index contributed by atoms with van der Waals surface area (Å²) in [4.78, 5) is 42.9. The second-order valence-electron chi connectivity index (χ2n) is 4.11. The molecule has 0 unspecified atom stereocenters. The van der Waals surface area contributed by atoms with E-state index in [2.05, 4.69) is 4.42 Å². The third-order valence-corrected chi connectivity index (χ3v) is 2.63. The number of hydrazine groups is 1. The number of nitro groups is 2. The summed E-state index contributed by atoms with van der Waals surface area (Å²) in [6.07, 6.45) is 0. The van der Waals surface area contributed by atoms with E-state index in [1.165, 1.54) is 12.1 Å². The first kappa shape index (κ1) is 15.6. The molecule has 0 saturated carbocycles. The molecular formula is C12H8N4O7. The van der Waals surface area contributed by atoms with Gasteiger partial charge in [0.15, 0.2) is 0 Å². The van der Waals surface area contributed by atoms with Gasteiger partial charge in [-0.3, -0.25) is 40.7 Å². The van der Waals surface area contributed by atoms with E-state index in [-0.39, 0.29) is 17.0 Å². The van der Waals surface area contributed by atoms with Gasteiger partial charge in [0.1, 0.15) is 4.92 Å². The van der Waals surface area contributed by atoms with Gasteiger partial charge in [-0.1, -0.05) is 0 Å². The number of carbonyl (C=O) groups is 2. The maximum absolute atomic E-state index is 11.7. The van der Waals surface area contributed by atoms with Crippen LogP contribution in [0, 0.1) is 20.2 Å². The van der Waals surface area contributed by atoms with Crippen LogP contribution in [-0.2, 0) is 0 Å². The van der Waals surface area contributed by atoms with Gasteiger partial charge in [0, 0.05) is 17.7 Å². The van der Waals surface area contributed by atoms with Crippen LogP contribution in [0.5, 0.6) is 0 Å². The van der Waals surface area contributed by atoms with Crippen LogP contribution in [0.2, 0.25) is 0 Å². The van der Waals surface area contributed by atoms with Crippen LogP contribution in [0.25, 0.3) is 0 Å². The number of amides is 2. The molecular weight excluding hydrogens is 312 g/mol. The van der Waals surface area contributed by atoms with Gasteiger partial charge in [0.25, 0.3) is 11.6 Å². The average Bonchev–Trinajstić information content (AvgIpc) is 3.02. The highest BCUT2D eigenvalue weighted by Gasteiger charge is 2.18. The molecule has 0 aliphatic rings. The van der Waals surface area contributed by atoms with Gasteiger partial charge < -0.3 is 4.42 Å². The number of nitro benzene ring substituents is 1. The van der Waals surface area contributed by atoms with Gasteiger partial charge in [0.05, 0.1) is 11.0 Å². The van der Waals surface area contributed by atoms with E-state index in [0.717, 1.165) is 24.3 Å². The molecule has 1 aromatic carbocycles. The van der Waals surface area contributed by atoms with Crippen LogP contribution in [0.15, 0.2) is 40.8 Å². The molecule has 118 valence electrons. The predicted molar refractivity (Wildman–Crippen MR) is 73.4 cm³/mol. The van der Waals surface area contributed by atoms with Crippen LogP contribution in [-0.4, -0.2) is 21.7 Å². The summed E-state index contributed by atoms with van der Waals surface area (Å²) < 4.78 is 4.65. The Balaban J connectivity index is 1.96. The zero-order valence-electron chi connectivity index (χ0n) is 11.2. The molecule has 0 spiro atoms. The third kappa shape index (κ3) is 3.66. The monoisotopic (exact) mass is 320 g/mol. The summed E-state index contributed by atoms with van der Waals surface area (Å²) in [6, 6.07) is 6.74. The van der Waals surface area contributed by atoms with Crippen LogP contribution < -0.4 is 10.9 Å². The predicted octanol–water partition coefficient (Wildman–Crippen LogP) is 1.17. The molecule has 0 bridgehead atoms. The molecule has 0 aliphatic heterocycles. The number of carbonyl (C=O) groups excluding carboxylic acids is 2. The van der Waals surface area contributed by atoms with Crippen LogP contribution in [0.4, 0.5) is 11.6 Å². The van der Waals surface area contributed by atoms with Crippen molar-refractivity contribution < 1.29 is 23.9 Å². The second-order valence-corrected chi connectivity index (χ2v) is 4.11.